The normalized spacial score (nSPS) is 11.5. The maximum absolute atomic E-state index is 12.1. The predicted octanol–water partition coefficient (Wildman–Crippen LogP) is 2.65. The SMILES string of the molecule is O=C(O)CCc1ccc(S(=O)(=O)NC=Cc2ccccc2)cc1. The van der Waals surface area contributed by atoms with Gasteiger partial charge in [-0.25, -0.2) is 8.42 Å². The van der Waals surface area contributed by atoms with Gasteiger partial charge in [-0.1, -0.05) is 42.5 Å². The Morgan fingerprint density at radius 2 is 1.70 bits per heavy atom. The highest BCUT2D eigenvalue weighted by Gasteiger charge is 2.11. The molecule has 0 atom stereocenters. The van der Waals surface area contributed by atoms with Crippen LogP contribution in [0, 0.1) is 0 Å². The van der Waals surface area contributed by atoms with E-state index >= 15 is 0 Å². The maximum atomic E-state index is 12.1. The van der Waals surface area contributed by atoms with Crippen molar-refractivity contribution < 1.29 is 18.3 Å². The predicted molar refractivity (Wildman–Crippen MR) is 88.2 cm³/mol. The number of rotatable bonds is 7. The highest BCUT2D eigenvalue weighted by molar-refractivity contribution is 7.89. The lowest BCUT2D eigenvalue weighted by molar-refractivity contribution is -0.136. The number of sulfonamides is 1. The molecule has 2 N–H and O–H groups in total. The monoisotopic (exact) mass is 331 g/mol. The first kappa shape index (κ1) is 16.8. The molecule has 23 heavy (non-hydrogen) atoms. The van der Waals surface area contributed by atoms with E-state index in [1.165, 1.54) is 18.3 Å². The third-order valence-corrected chi connectivity index (χ3v) is 4.50. The molecular formula is C17H17NO4S. The highest BCUT2D eigenvalue weighted by Crippen LogP contribution is 2.12. The summed E-state index contributed by atoms with van der Waals surface area (Å²) in [5.74, 6) is -0.880. The van der Waals surface area contributed by atoms with Gasteiger partial charge < -0.3 is 5.11 Å². The van der Waals surface area contributed by atoms with Crippen LogP contribution in [0.4, 0.5) is 0 Å². The largest absolute Gasteiger partial charge is 0.481 e. The Hall–Kier alpha value is -2.60. The number of aliphatic carboxylic acids is 1. The lowest BCUT2D eigenvalue weighted by Crippen LogP contribution is -2.17. The molecular weight excluding hydrogens is 314 g/mol. The van der Waals surface area contributed by atoms with Crippen LogP contribution >= 0.6 is 0 Å². The minimum absolute atomic E-state index is 0.0180. The molecule has 6 heteroatoms. The van der Waals surface area contributed by atoms with Gasteiger partial charge in [-0.15, -0.1) is 0 Å². The smallest absolute Gasteiger partial charge is 0.303 e. The van der Waals surface area contributed by atoms with Gasteiger partial charge >= 0.3 is 5.97 Å². The second-order valence-electron chi connectivity index (χ2n) is 4.90. The molecule has 5 nitrogen and oxygen atoms in total. The molecule has 0 radical (unpaired) electrons. The summed E-state index contributed by atoms with van der Waals surface area (Å²) in [7, 11) is -3.63. The molecule has 0 amide bonds. The fourth-order valence-electron chi connectivity index (χ4n) is 1.94. The summed E-state index contributed by atoms with van der Waals surface area (Å²) in [6, 6.07) is 15.5. The van der Waals surface area contributed by atoms with Crippen LogP contribution in [0.25, 0.3) is 6.08 Å². The second-order valence-corrected chi connectivity index (χ2v) is 6.62. The average molecular weight is 331 g/mol. The van der Waals surface area contributed by atoms with Crippen LogP contribution in [-0.4, -0.2) is 19.5 Å². The van der Waals surface area contributed by atoms with E-state index in [-0.39, 0.29) is 11.3 Å². The Labute approximate surface area is 135 Å². The highest BCUT2D eigenvalue weighted by atomic mass is 32.2. The maximum Gasteiger partial charge on any atom is 0.303 e. The van der Waals surface area contributed by atoms with Gasteiger partial charge in [0.05, 0.1) is 4.90 Å². The third-order valence-electron chi connectivity index (χ3n) is 3.16. The number of hydrogen-bond donors (Lipinski definition) is 2. The number of carboxylic acid groups (broad SMARTS) is 1. The number of benzene rings is 2. The molecule has 0 saturated heterocycles. The minimum Gasteiger partial charge on any atom is -0.481 e. The number of hydrogen-bond acceptors (Lipinski definition) is 3. The quantitative estimate of drug-likeness (QED) is 0.817. The van der Waals surface area contributed by atoms with Crippen LogP contribution in [0.15, 0.2) is 65.7 Å². The van der Waals surface area contributed by atoms with Gasteiger partial charge in [0.25, 0.3) is 10.0 Å². The Morgan fingerprint density at radius 3 is 2.30 bits per heavy atom. The third kappa shape index (κ3) is 5.27. The van der Waals surface area contributed by atoms with E-state index in [0.29, 0.717) is 6.42 Å². The summed E-state index contributed by atoms with van der Waals surface area (Å²) in [6.07, 6.45) is 3.43. The van der Waals surface area contributed by atoms with Crippen LogP contribution in [0.2, 0.25) is 0 Å². The Balaban J connectivity index is 2.01. The van der Waals surface area contributed by atoms with Crippen molar-refractivity contribution in [2.24, 2.45) is 0 Å². The van der Waals surface area contributed by atoms with Crippen LogP contribution in [0.3, 0.4) is 0 Å². The molecule has 0 heterocycles. The summed E-state index contributed by atoms with van der Waals surface area (Å²) in [4.78, 5) is 10.7. The van der Waals surface area contributed by atoms with Crippen LogP contribution in [-0.2, 0) is 21.2 Å². The lowest BCUT2D eigenvalue weighted by Gasteiger charge is -2.05. The van der Waals surface area contributed by atoms with E-state index in [1.807, 2.05) is 30.3 Å². The van der Waals surface area contributed by atoms with Crippen molar-refractivity contribution in [3.05, 3.63) is 71.9 Å². The van der Waals surface area contributed by atoms with Gasteiger partial charge in [0.15, 0.2) is 0 Å². The number of nitrogens with one attached hydrogen (secondary N) is 1. The molecule has 2 aromatic carbocycles. The first-order valence-corrected chi connectivity index (χ1v) is 8.50. The van der Waals surface area contributed by atoms with Gasteiger partial charge in [0.2, 0.25) is 0 Å². The Kier molecular flexibility index (Phi) is 5.54. The van der Waals surface area contributed by atoms with Crippen LogP contribution in [0.1, 0.15) is 17.5 Å². The zero-order valence-electron chi connectivity index (χ0n) is 12.3. The number of carboxylic acids is 1. The van der Waals surface area contributed by atoms with Gasteiger partial charge in [-0.2, -0.15) is 0 Å². The van der Waals surface area contributed by atoms with E-state index in [1.54, 1.807) is 18.2 Å². The van der Waals surface area contributed by atoms with Gasteiger partial charge in [-0.3, -0.25) is 9.52 Å². The van der Waals surface area contributed by atoms with Crippen molar-refractivity contribution >= 4 is 22.1 Å². The molecule has 0 aliphatic carbocycles. The van der Waals surface area contributed by atoms with Crippen molar-refractivity contribution in [2.45, 2.75) is 17.7 Å². The molecule has 120 valence electrons. The van der Waals surface area contributed by atoms with Crippen molar-refractivity contribution in [2.75, 3.05) is 0 Å². The summed E-state index contributed by atoms with van der Waals surface area (Å²) in [5.41, 5.74) is 1.67. The van der Waals surface area contributed by atoms with Crippen LogP contribution in [0.5, 0.6) is 0 Å². The zero-order chi connectivity index (χ0) is 16.7. The molecule has 0 aromatic heterocycles. The minimum atomic E-state index is -3.63. The molecule has 0 aliphatic rings. The fraction of sp³-hybridized carbons (Fsp3) is 0.118. The fourth-order valence-corrected chi connectivity index (χ4v) is 2.82. The van der Waals surface area contributed by atoms with E-state index in [0.717, 1.165) is 11.1 Å². The zero-order valence-corrected chi connectivity index (χ0v) is 13.2. The summed E-state index contributed by atoms with van der Waals surface area (Å²) < 4.78 is 26.7. The number of carbonyl (C=O) groups is 1. The first-order chi connectivity index (χ1) is 11.0. The second kappa shape index (κ2) is 7.60. The topological polar surface area (TPSA) is 83.5 Å². The van der Waals surface area contributed by atoms with Crippen LogP contribution < -0.4 is 4.72 Å². The Morgan fingerprint density at radius 1 is 1.04 bits per heavy atom. The first-order valence-electron chi connectivity index (χ1n) is 7.02. The average Bonchev–Trinajstić information content (AvgIpc) is 2.54. The van der Waals surface area contributed by atoms with Crippen molar-refractivity contribution in [3.63, 3.8) is 0 Å². The lowest BCUT2D eigenvalue weighted by atomic mass is 10.1. The molecule has 0 fully saturated rings. The van der Waals surface area contributed by atoms with E-state index in [4.69, 9.17) is 5.11 Å². The molecule has 0 aliphatic heterocycles. The van der Waals surface area contributed by atoms with Crippen molar-refractivity contribution in [3.8, 4) is 0 Å². The summed E-state index contributed by atoms with van der Waals surface area (Å²) in [6.45, 7) is 0. The molecule has 0 unspecified atom stereocenters. The van der Waals surface area contributed by atoms with E-state index in [9.17, 15) is 13.2 Å². The molecule has 0 saturated carbocycles. The van der Waals surface area contributed by atoms with Gasteiger partial charge in [-0.05, 0) is 35.8 Å². The summed E-state index contributed by atoms with van der Waals surface area (Å²) >= 11 is 0. The van der Waals surface area contributed by atoms with Gasteiger partial charge in [0.1, 0.15) is 0 Å². The molecule has 2 rings (SSSR count). The molecule has 0 bridgehead atoms. The van der Waals surface area contributed by atoms with E-state index < -0.39 is 16.0 Å². The van der Waals surface area contributed by atoms with Crippen molar-refractivity contribution in [1.82, 2.24) is 4.72 Å². The number of aryl methyl sites for hydroxylation is 1. The summed E-state index contributed by atoms with van der Waals surface area (Å²) in [5, 5.41) is 8.64. The van der Waals surface area contributed by atoms with E-state index in [2.05, 4.69) is 4.72 Å². The molecule has 0 spiro atoms. The Bertz CT molecular complexity index is 781. The molecule has 2 aromatic rings. The van der Waals surface area contributed by atoms with Crippen molar-refractivity contribution in [1.29, 1.82) is 0 Å². The van der Waals surface area contributed by atoms with Gasteiger partial charge in [0, 0.05) is 12.6 Å². The standard InChI is InChI=1S/C17H17NO4S/c19-17(20)11-8-15-6-9-16(10-7-15)23(21,22)18-13-12-14-4-2-1-3-5-14/h1-7,9-10,12-13,18H,8,11H2,(H,19,20).